The van der Waals surface area contributed by atoms with Gasteiger partial charge in [-0.1, -0.05) is 31.2 Å². The van der Waals surface area contributed by atoms with Gasteiger partial charge in [0.2, 0.25) is 10.0 Å². The van der Waals surface area contributed by atoms with Gasteiger partial charge in [0.05, 0.1) is 12.0 Å². The van der Waals surface area contributed by atoms with Crippen LogP contribution in [0.3, 0.4) is 0 Å². The van der Waals surface area contributed by atoms with Crippen LogP contribution in [0.5, 0.6) is 5.75 Å². The van der Waals surface area contributed by atoms with E-state index < -0.39 is 10.0 Å². The van der Waals surface area contributed by atoms with Crippen molar-refractivity contribution in [2.45, 2.75) is 24.7 Å². The Morgan fingerprint density at radius 3 is 1.92 bits per heavy atom. The molecule has 4 nitrogen and oxygen atoms in total. The molecular formula is C19H23NO3S. The standard InChI is InChI=1S/C19H23NO3S/c1-15-11-13-20(14-12-15)24(21,22)19-9-5-17(6-10-19)16-3-7-18(23-2)8-4-16/h3-10,15H,11-14H2,1-2H3. The highest BCUT2D eigenvalue weighted by Gasteiger charge is 2.27. The first kappa shape index (κ1) is 17.0. The number of nitrogens with zero attached hydrogens (tertiary/aromatic N) is 1. The van der Waals surface area contributed by atoms with Crippen molar-refractivity contribution >= 4 is 10.0 Å². The Labute approximate surface area is 144 Å². The smallest absolute Gasteiger partial charge is 0.243 e. The van der Waals surface area contributed by atoms with Crippen LogP contribution in [0, 0.1) is 5.92 Å². The van der Waals surface area contributed by atoms with Crippen LogP contribution in [0.1, 0.15) is 19.8 Å². The van der Waals surface area contributed by atoms with Gasteiger partial charge in [-0.25, -0.2) is 8.42 Å². The lowest BCUT2D eigenvalue weighted by atomic mass is 10.0. The quantitative estimate of drug-likeness (QED) is 0.847. The Balaban J connectivity index is 1.80. The average Bonchev–Trinajstić information content (AvgIpc) is 2.62. The zero-order valence-electron chi connectivity index (χ0n) is 14.1. The highest BCUT2D eigenvalue weighted by atomic mass is 32.2. The average molecular weight is 345 g/mol. The Morgan fingerprint density at radius 2 is 1.42 bits per heavy atom. The third-order valence-corrected chi connectivity index (χ3v) is 6.57. The number of piperidine rings is 1. The second-order valence-electron chi connectivity index (χ2n) is 6.34. The lowest BCUT2D eigenvalue weighted by Gasteiger charge is -2.29. The van der Waals surface area contributed by atoms with Crippen LogP contribution >= 0.6 is 0 Å². The molecular weight excluding hydrogens is 322 g/mol. The first-order chi connectivity index (χ1) is 11.5. The normalized spacial score (nSPS) is 16.9. The molecule has 0 unspecified atom stereocenters. The number of methoxy groups -OCH3 is 1. The van der Waals surface area contributed by atoms with Gasteiger partial charge >= 0.3 is 0 Å². The molecule has 128 valence electrons. The highest BCUT2D eigenvalue weighted by molar-refractivity contribution is 7.89. The fourth-order valence-electron chi connectivity index (χ4n) is 2.98. The number of hydrogen-bond acceptors (Lipinski definition) is 3. The fraction of sp³-hybridized carbons (Fsp3) is 0.368. The topological polar surface area (TPSA) is 46.6 Å². The van der Waals surface area contributed by atoms with Gasteiger partial charge in [0.25, 0.3) is 0 Å². The molecule has 0 atom stereocenters. The fourth-order valence-corrected chi connectivity index (χ4v) is 4.45. The van der Waals surface area contributed by atoms with Gasteiger partial charge in [0, 0.05) is 13.1 Å². The molecule has 5 heteroatoms. The van der Waals surface area contributed by atoms with E-state index in [1.54, 1.807) is 23.5 Å². The largest absolute Gasteiger partial charge is 0.497 e. The molecule has 0 spiro atoms. The Bertz CT molecular complexity index is 774. The SMILES string of the molecule is COc1ccc(-c2ccc(S(=O)(=O)N3CCC(C)CC3)cc2)cc1. The number of hydrogen-bond donors (Lipinski definition) is 0. The van der Waals surface area contributed by atoms with Gasteiger partial charge in [0.1, 0.15) is 5.75 Å². The molecule has 0 N–H and O–H groups in total. The molecule has 1 aliphatic heterocycles. The predicted molar refractivity (Wildman–Crippen MR) is 95.6 cm³/mol. The Morgan fingerprint density at radius 1 is 0.917 bits per heavy atom. The molecule has 0 amide bonds. The van der Waals surface area contributed by atoms with Crippen molar-refractivity contribution in [1.29, 1.82) is 0 Å². The maximum absolute atomic E-state index is 12.7. The molecule has 1 saturated heterocycles. The summed E-state index contributed by atoms with van der Waals surface area (Å²) in [7, 11) is -1.75. The van der Waals surface area contributed by atoms with Crippen LogP contribution in [0.4, 0.5) is 0 Å². The molecule has 0 aromatic heterocycles. The molecule has 3 rings (SSSR count). The van der Waals surface area contributed by atoms with Crippen LogP contribution in [-0.2, 0) is 10.0 Å². The van der Waals surface area contributed by atoms with E-state index >= 15 is 0 Å². The van der Waals surface area contributed by atoms with Crippen molar-refractivity contribution in [1.82, 2.24) is 4.31 Å². The van der Waals surface area contributed by atoms with E-state index in [0.717, 1.165) is 29.7 Å². The summed E-state index contributed by atoms with van der Waals surface area (Å²) >= 11 is 0. The molecule has 0 bridgehead atoms. The second kappa shape index (κ2) is 6.95. The van der Waals surface area contributed by atoms with Crippen LogP contribution in [-0.4, -0.2) is 32.9 Å². The zero-order valence-corrected chi connectivity index (χ0v) is 14.9. The molecule has 0 radical (unpaired) electrons. The van der Waals surface area contributed by atoms with Gasteiger partial charge in [-0.2, -0.15) is 4.31 Å². The molecule has 0 saturated carbocycles. The van der Waals surface area contributed by atoms with Crippen LogP contribution < -0.4 is 4.74 Å². The van der Waals surface area contributed by atoms with Gasteiger partial charge in [-0.05, 0) is 54.2 Å². The highest BCUT2D eigenvalue weighted by Crippen LogP contribution is 2.27. The zero-order chi connectivity index (χ0) is 17.2. The number of sulfonamides is 1. The predicted octanol–water partition coefficient (Wildman–Crippen LogP) is 3.78. The number of ether oxygens (including phenoxy) is 1. The van der Waals surface area contributed by atoms with Crippen molar-refractivity contribution in [2.75, 3.05) is 20.2 Å². The number of benzene rings is 2. The molecule has 2 aromatic rings. The molecule has 0 aliphatic carbocycles. The summed E-state index contributed by atoms with van der Waals surface area (Å²) in [5.74, 6) is 1.41. The first-order valence-electron chi connectivity index (χ1n) is 8.25. The second-order valence-corrected chi connectivity index (χ2v) is 8.28. The molecule has 1 heterocycles. The van der Waals surface area contributed by atoms with E-state index in [1.165, 1.54) is 0 Å². The van der Waals surface area contributed by atoms with Gasteiger partial charge in [0.15, 0.2) is 0 Å². The lowest BCUT2D eigenvalue weighted by Crippen LogP contribution is -2.37. The minimum Gasteiger partial charge on any atom is -0.497 e. The van der Waals surface area contributed by atoms with E-state index in [9.17, 15) is 8.42 Å². The molecule has 1 aliphatic rings. The maximum Gasteiger partial charge on any atom is 0.243 e. The monoisotopic (exact) mass is 345 g/mol. The summed E-state index contributed by atoms with van der Waals surface area (Å²) < 4.78 is 32.2. The van der Waals surface area contributed by atoms with E-state index in [4.69, 9.17) is 4.74 Å². The molecule has 24 heavy (non-hydrogen) atoms. The summed E-state index contributed by atoms with van der Waals surface area (Å²) in [4.78, 5) is 0.370. The first-order valence-corrected chi connectivity index (χ1v) is 9.69. The van der Waals surface area contributed by atoms with Crippen molar-refractivity contribution < 1.29 is 13.2 Å². The van der Waals surface area contributed by atoms with Crippen LogP contribution in [0.15, 0.2) is 53.4 Å². The van der Waals surface area contributed by atoms with Gasteiger partial charge in [-0.15, -0.1) is 0 Å². The van der Waals surface area contributed by atoms with Crippen molar-refractivity contribution in [2.24, 2.45) is 5.92 Å². The third kappa shape index (κ3) is 3.47. The van der Waals surface area contributed by atoms with Crippen molar-refractivity contribution in [3.05, 3.63) is 48.5 Å². The maximum atomic E-state index is 12.7. The minimum absolute atomic E-state index is 0.370. The molecule has 1 fully saturated rings. The summed E-state index contributed by atoms with van der Waals surface area (Å²) in [5, 5.41) is 0. The Hall–Kier alpha value is -1.85. The van der Waals surface area contributed by atoms with E-state index in [2.05, 4.69) is 6.92 Å². The van der Waals surface area contributed by atoms with E-state index in [0.29, 0.717) is 23.9 Å². The number of rotatable bonds is 4. The summed E-state index contributed by atoms with van der Waals surface area (Å²) in [6.07, 6.45) is 1.87. The summed E-state index contributed by atoms with van der Waals surface area (Å²) in [5.41, 5.74) is 2.02. The summed E-state index contributed by atoms with van der Waals surface area (Å²) in [6.45, 7) is 3.40. The van der Waals surface area contributed by atoms with E-state index in [1.807, 2.05) is 36.4 Å². The van der Waals surface area contributed by atoms with Crippen LogP contribution in [0.25, 0.3) is 11.1 Å². The minimum atomic E-state index is -3.38. The van der Waals surface area contributed by atoms with Crippen molar-refractivity contribution in [3.63, 3.8) is 0 Å². The van der Waals surface area contributed by atoms with Crippen LogP contribution in [0.2, 0.25) is 0 Å². The lowest BCUT2D eigenvalue weighted by molar-refractivity contribution is 0.288. The summed E-state index contributed by atoms with van der Waals surface area (Å²) in [6, 6.07) is 14.9. The third-order valence-electron chi connectivity index (χ3n) is 4.66. The molecule has 2 aromatic carbocycles. The van der Waals surface area contributed by atoms with E-state index in [-0.39, 0.29) is 0 Å². The van der Waals surface area contributed by atoms with Crippen molar-refractivity contribution in [3.8, 4) is 16.9 Å². The van der Waals surface area contributed by atoms with Gasteiger partial charge < -0.3 is 4.74 Å². The Kier molecular flexibility index (Phi) is 4.92. The van der Waals surface area contributed by atoms with Gasteiger partial charge in [-0.3, -0.25) is 0 Å².